The van der Waals surface area contributed by atoms with Crippen LogP contribution < -0.4 is 0 Å². The Hall–Kier alpha value is -0.120. The number of rotatable bonds is 2. The Morgan fingerprint density at radius 1 is 0.941 bits per heavy atom. The molecule has 0 saturated carbocycles. The van der Waals surface area contributed by atoms with Crippen LogP contribution in [0.1, 0.15) is 21.5 Å². The zero-order chi connectivity index (χ0) is 12.4. The van der Waals surface area contributed by atoms with Crippen LogP contribution in [-0.4, -0.2) is 0 Å². The van der Waals surface area contributed by atoms with E-state index in [0.29, 0.717) is 0 Å². The molecule has 17 heavy (non-hydrogen) atoms. The van der Waals surface area contributed by atoms with Crippen LogP contribution in [0.4, 0.5) is 0 Å². The van der Waals surface area contributed by atoms with Crippen LogP contribution >= 0.6 is 47.8 Å². The van der Waals surface area contributed by atoms with Crippen LogP contribution in [-0.2, 0) is 0 Å². The van der Waals surface area contributed by atoms with Crippen molar-refractivity contribution in [2.45, 2.75) is 11.8 Å². The van der Waals surface area contributed by atoms with Crippen molar-refractivity contribution >= 4 is 47.8 Å². The molecule has 0 saturated heterocycles. The maximum absolute atomic E-state index is 3.75. The molecule has 2 aromatic rings. The first kappa shape index (κ1) is 13.3. The number of alkyl halides is 1. The lowest BCUT2D eigenvalue weighted by Gasteiger charge is -2.13. The molecule has 2 aromatic carbocycles. The highest BCUT2D eigenvalue weighted by Gasteiger charge is 2.13. The van der Waals surface area contributed by atoms with Crippen LogP contribution in [0.5, 0.6) is 0 Å². The molecule has 0 amide bonds. The summed E-state index contributed by atoms with van der Waals surface area (Å²) < 4.78 is 2.20. The van der Waals surface area contributed by atoms with Gasteiger partial charge in [0.2, 0.25) is 0 Å². The molecule has 0 N–H and O–H groups in total. The Labute approximate surface area is 127 Å². The van der Waals surface area contributed by atoms with Gasteiger partial charge in [-0.3, -0.25) is 0 Å². The SMILES string of the molecule is Cc1ccc(C(Br)c2cc(Br)ccc2Br)cc1. The standard InChI is InChI=1S/C14H11Br3/c1-9-2-4-10(5-3-9)14(17)12-8-11(15)6-7-13(12)16/h2-8,14H,1H3. The minimum Gasteiger partial charge on any atom is -0.0786 e. The molecule has 0 fully saturated rings. The van der Waals surface area contributed by atoms with Gasteiger partial charge in [0.05, 0.1) is 4.83 Å². The van der Waals surface area contributed by atoms with E-state index in [0.717, 1.165) is 8.95 Å². The molecule has 0 nitrogen and oxygen atoms in total. The first-order chi connectivity index (χ1) is 8.08. The lowest BCUT2D eigenvalue weighted by atomic mass is 10.0. The van der Waals surface area contributed by atoms with Gasteiger partial charge in [-0.1, -0.05) is 77.6 Å². The second-order valence-electron chi connectivity index (χ2n) is 3.94. The third-order valence-electron chi connectivity index (χ3n) is 2.60. The Morgan fingerprint density at radius 3 is 2.24 bits per heavy atom. The van der Waals surface area contributed by atoms with Crippen LogP contribution in [0, 0.1) is 6.92 Å². The van der Waals surface area contributed by atoms with Gasteiger partial charge in [-0.05, 0) is 36.2 Å². The van der Waals surface area contributed by atoms with Gasteiger partial charge in [-0.25, -0.2) is 0 Å². The molecule has 2 rings (SSSR count). The van der Waals surface area contributed by atoms with Gasteiger partial charge in [0.25, 0.3) is 0 Å². The molecule has 0 aliphatic carbocycles. The van der Waals surface area contributed by atoms with E-state index in [9.17, 15) is 0 Å². The predicted octanol–water partition coefficient (Wildman–Crippen LogP) is 6.00. The molecule has 88 valence electrons. The fraction of sp³-hybridized carbons (Fsp3) is 0.143. The van der Waals surface area contributed by atoms with Crippen molar-refractivity contribution in [3.05, 3.63) is 68.1 Å². The topological polar surface area (TPSA) is 0 Å². The zero-order valence-corrected chi connectivity index (χ0v) is 14.0. The van der Waals surface area contributed by atoms with Gasteiger partial charge in [0.15, 0.2) is 0 Å². The highest BCUT2D eigenvalue weighted by atomic mass is 79.9. The second kappa shape index (κ2) is 5.68. The average Bonchev–Trinajstić information content (AvgIpc) is 2.32. The van der Waals surface area contributed by atoms with E-state index >= 15 is 0 Å². The van der Waals surface area contributed by atoms with Crippen LogP contribution in [0.15, 0.2) is 51.4 Å². The van der Waals surface area contributed by atoms with E-state index in [1.165, 1.54) is 16.7 Å². The molecule has 0 aliphatic heterocycles. The van der Waals surface area contributed by atoms with Gasteiger partial charge >= 0.3 is 0 Å². The molecule has 0 radical (unpaired) electrons. The maximum atomic E-state index is 3.75. The van der Waals surface area contributed by atoms with E-state index < -0.39 is 0 Å². The lowest BCUT2D eigenvalue weighted by molar-refractivity contribution is 1.16. The van der Waals surface area contributed by atoms with E-state index in [1.807, 2.05) is 6.07 Å². The zero-order valence-electron chi connectivity index (χ0n) is 9.25. The Balaban J connectivity index is 2.39. The van der Waals surface area contributed by atoms with Crippen LogP contribution in [0.25, 0.3) is 0 Å². The van der Waals surface area contributed by atoms with E-state index in [-0.39, 0.29) is 4.83 Å². The predicted molar refractivity (Wildman–Crippen MR) is 83.8 cm³/mol. The third-order valence-corrected chi connectivity index (χ3v) is 4.84. The monoisotopic (exact) mass is 416 g/mol. The van der Waals surface area contributed by atoms with Gasteiger partial charge in [0.1, 0.15) is 0 Å². The van der Waals surface area contributed by atoms with Gasteiger partial charge in [0, 0.05) is 8.95 Å². The quantitative estimate of drug-likeness (QED) is 0.524. The highest BCUT2D eigenvalue weighted by Crippen LogP contribution is 2.36. The van der Waals surface area contributed by atoms with E-state index in [2.05, 4.69) is 91.1 Å². The van der Waals surface area contributed by atoms with Crippen molar-refractivity contribution in [3.8, 4) is 0 Å². The summed E-state index contributed by atoms with van der Waals surface area (Å²) in [6, 6.07) is 14.8. The number of hydrogen-bond acceptors (Lipinski definition) is 0. The fourth-order valence-electron chi connectivity index (χ4n) is 1.62. The van der Waals surface area contributed by atoms with Gasteiger partial charge in [-0.2, -0.15) is 0 Å². The first-order valence-corrected chi connectivity index (χ1v) is 7.73. The molecular weight excluding hydrogens is 408 g/mol. The second-order valence-corrected chi connectivity index (χ2v) is 6.62. The number of aryl methyl sites for hydroxylation is 1. The summed E-state index contributed by atoms with van der Waals surface area (Å²) in [6.45, 7) is 2.10. The molecule has 0 spiro atoms. The molecule has 0 bridgehead atoms. The molecule has 1 atom stereocenters. The van der Waals surface area contributed by atoms with Crippen molar-refractivity contribution in [1.82, 2.24) is 0 Å². The minimum atomic E-state index is 0.204. The first-order valence-electron chi connectivity index (χ1n) is 5.23. The summed E-state index contributed by atoms with van der Waals surface area (Å²) in [4.78, 5) is 0.204. The molecular formula is C14H11Br3. The van der Waals surface area contributed by atoms with Crippen LogP contribution in [0.3, 0.4) is 0 Å². The maximum Gasteiger partial charge on any atom is 0.0656 e. The van der Waals surface area contributed by atoms with Gasteiger partial charge in [-0.15, -0.1) is 0 Å². The number of hydrogen-bond donors (Lipinski definition) is 0. The summed E-state index contributed by atoms with van der Waals surface area (Å²) in [5.41, 5.74) is 3.76. The summed E-state index contributed by atoms with van der Waals surface area (Å²) in [5.74, 6) is 0. The number of halogens is 3. The van der Waals surface area contributed by atoms with Crippen molar-refractivity contribution in [2.24, 2.45) is 0 Å². The molecule has 3 heteroatoms. The van der Waals surface area contributed by atoms with Crippen molar-refractivity contribution in [1.29, 1.82) is 0 Å². The molecule has 1 unspecified atom stereocenters. The normalized spacial score (nSPS) is 12.5. The third kappa shape index (κ3) is 3.21. The number of benzene rings is 2. The molecule has 0 aliphatic rings. The largest absolute Gasteiger partial charge is 0.0786 e. The minimum absolute atomic E-state index is 0.204. The van der Waals surface area contributed by atoms with Crippen molar-refractivity contribution < 1.29 is 0 Å². The van der Waals surface area contributed by atoms with Crippen LogP contribution in [0.2, 0.25) is 0 Å². The highest BCUT2D eigenvalue weighted by molar-refractivity contribution is 9.11. The summed E-state index contributed by atoms with van der Waals surface area (Å²) in [7, 11) is 0. The molecule has 0 aromatic heterocycles. The smallest absolute Gasteiger partial charge is 0.0656 e. The van der Waals surface area contributed by atoms with Gasteiger partial charge < -0.3 is 0 Å². The lowest BCUT2D eigenvalue weighted by Crippen LogP contribution is -1.94. The fourth-order valence-corrected chi connectivity index (χ4v) is 3.47. The summed E-state index contributed by atoms with van der Waals surface area (Å²) in [6.07, 6.45) is 0. The summed E-state index contributed by atoms with van der Waals surface area (Å²) in [5, 5.41) is 0. The molecule has 0 heterocycles. The van der Waals surface area contributed by atoms with E-state index in [1.54, 1.807) is 0 Å². The van der Waals surface area contributed by atoms with Crippen molar-refractivity contribution in [2.75, 3.05) is 0 Å². The average molecular weight is 419 g/mol. The Kier molecular flexibility index (Phi) is 4.45. The Morgan fingerprint density at radius 2 is 1.59 bits per heavy atom. The summed E-state index contributed by atoms with van der Waals surface area (Å²) >= 11 is 10.9. The van der Waals surface area contributed by atoms with E-state index in [4.69, 9.17) is 0 Å². The Bertz CT molecular complexity index is 517. The van der Waals surface area contributed by atoms with Crippen molar-refractivity contribution in [3.63, 3.8) is 0 Å².